The molecule has 2 N–H and O–H groups in total. The van der Waals surface area contributed by atoms with Crippen LogP contribution in [-0.4, -0.2) is 23.2 Å². The van der Waals surface area contributed by atoms with Gasteiger partial charge in [-0.2, -0.15) is 11.8 Å². The third-order valence-electron chi connectivity index (χ3n) is 3.01. The summed E-state index contributed by atoms with van der Waals surface area (Å²) < 4.78 is 0. The van der Waals surface area contributed by atoms with Crippen molar-refractivity contribution in [3.05, 3.63) is 28.8 Å². The van der Waals surface area contributed by atoms with Gasteiger partial charge in [-0.25, -0.2) is 0 Å². The van der Waals surface area contributed by atoms with Gasteiger partial charge in [-0.15, -0.1) is 0 Å². The van der Waals surface area contributed by atoms with E-state index in [0.29, 0.717) is 11.0 Å². The summed E-state index contributed by atoms with van der Waals surface area (Å²) in [6.07, 6.45) is 3.34. The lowest BCUT2D eigenvalue weighted by atomic mass is 10.1. The first kappa shape index (κ1) is 14.4. The number of benzene rings is 1. The Kier molecular flexibility index (Phi) is 5.86. The fourth-order valence-electron chi connectivity index (χ4n) is 1.80. The Morgan fingerprint density at radius 3 is 2.41 bits per heavy atom. The van der Waals surface area contributed by atoms with Crippen molar-refractivity contribution in [1.82, 2.24) is 5.32 Å². The van der Waals surface area contributed by atoms with Gasteiger partial charge in [0.2, 0.25) is 0 Å². The second kappa shape index (κ2) is 6.92. The molecule has 1 aromatic carbocycles. The van der Waals surface area contributed by atoms with E-state index in [1.165, 1.54) is 12.0 Å². The van der Waals surface area contributed by atoms with Crippen molar-refractivity contribution in [3.63, 3.8) is 0 Å². The van der Waals surface area contributed by atoms with E-state index >= 15 is 0 Å². The van der Waals surface area contributed by atoms with Crippen molar-refractivity contribution < 1.29 is 5.11 Å². The molecule has 1 atom stereocenters. The molecule has 0 fully saturated rings. The first-order valence-corrected chi connectivity index (χ1v) is 7.36. The number of nitrogens with one attached hydrogen (secondary N) is 1. The standard InChI is InChI=1S/C14H23NOS/c1-10-7-13(8-11(2)14(10)16)9-15-6-5-12(3)17-4/h7-8,12,15-16H,5-6,9H2,1-4H3. The number of aromatic hydroxyl groups is 1. The fourth-order valence-corrected chi connectivity index (χ4v) is 2.16. The zero-order chi connectivity index (χ0) is 12.8. The normalized spacial score (nSPS) is 12.7. The zero-order valence-electron chi connectivity index (χ0n) is 11.2. The van der Waals surface area contributed by atoms with Crippen LogP contribution in [0.2, 0.25) is 0 Å². The van der Waals surface area contributed by atoms with Crippen LogP contribution >= 0.6 is 11.8 Å². The highest BCUT2D eigenvalue weighted by Gasteiger charge is 2.03. The summed E-state index contributed by atoms with van der Waals surface area (Å²) in [5.74, 6) is 0.421. The smallest absolute Gasteiger partial charge is 0.121 e. The van der Waals surface area contributed by atoms with Crippen LogP contribution in [0.3, 0.4) is 0 Å². The van der Waals surface area contributed by atoms with Crippen molar-refractivity contribution >= 4 is 11.8 Å². The monoisotopic (exact) mass is 253 g/mol. The fraction of sp³-hybridized carbons (Fsp3) is 0.571. The maximum absolute atomic E-state index is 9.68. The highest BCUT2D eigenvalue weighted by molar-refractivity contribution is 7.99. The third kappa shape index (κ3) is 4.60. The van der Waals surface area contributed by atoms with E-state index in [2.05, 4.69) is 18.5 Å². The summed E-state index contributed by atoms with van der Waals surface area (Å²) in [4.78, 5) is 0. The predicted molar refractivity (Wildman–Crippen MR) is 76.9 cm³/mol. The Morgan fingerprint density at radius 1 is 1.29 bits per heavy atom. The molecule has 0 aliphatic heterocycles. The van der Waals surface area contributed by atoms with Crippen LogP contribution < -0.4 is 5.32 Å². The molecule has 3 heteroatoms. The van der Waals surface area contributed by atoms with Crippen molar-refractivity contribution in [3.8, 4) is 5.75 Å². The first-order valence-electron chi connectivity index (χ1n) is 6.07. The van der Waals surface area contributed by atoms with Gasteiger partial charge in [-0.3, -0.25) is 0 Å². The first-order chi connectivity index (χ1) is 8.04. The molecule has 0 aliphatic rings. The Bertz CT molecular complexity index is 342. The molecule has 0 heterocycles. The van der Waals surface area contributed by atoms with E-state index < -0.39 is 0 Å². The van der Waals surface area contributed by atoms with Gasteiger partial charge in [0.15, 0.2) is 0 Å². The van der Waals surface area contributed by atoms with E-state index in [0.717, 1.165) is 24.2 Å². The van der Waals surface area contributed by atoms with Gasteiger partial charge >= 0.3 is 0 Å². The number of phenols is 1. The number of aryl methyl sites for hydroxylation is 2. The number of thioether (sulfide) groups is 1. The van der Waals surface area contributed by atoms with Gasteiger partial charge in [0, 0.05) is 11.8 Å². The SMILES string of the molecule is CSC(C)CCNCc1cc(C)c(O)c(C)c1. The third-order valence-corrected chi connectivity index (χ3v) is 4.05. The summed E-state index contributed by atoms with van der Waals surface area (Å²) in [5, 5.41) is 13.8. The van der Waals surface area contributed by atoms with Gasteiger partial charge in [-0.05, 0) is 49.8 Å². The minimum Gasteiger partial charge on any atom is -0.507 e. The lowest BCUT2D eigenvalue weighted by Gasteiger charge is -2.11. The molecule has 0 saturated carbocycles. The molecular weight excluding hydrogens is 230 g/mol. The van der Waals surface area contributed by atoms with E-state index in [1.54, 1.807) is 0 Å². The van der Waals surface area contributed by atoms with E-state index in [9.17, 15) is 5.11 Å². The van der Waals surface area contributed by atoms with Crippen molar-refractivity contribution in [1.29, 1.82) is 0 Å². The maximum atomic E-state index is 9.68. The topological polar surface area (TPSA) is 32.3 Å². The van der Waals surface area contributed by atoms with E-state index in [1.807, 2.05) is 37.7 Å². The molecular formula is C14H23NOS. The van der Waals surface area contributed by atoms with E-state index in [4.69, 9.17) is 0 Å². The highest BCUT2D eigenvalue weighted by atomic mass is 32.2. The quantitative estimate of drug-likeness (QED) is 0.763. The van der Waals surface area contributed by atoms with E-state index in [-0.39, 0.29) is 0 Å². The number of hydrogen-bond acceptors (Lipinski definition) is 3. The number of phenolic OH excluding ortho intramolecular Hbond substituents is 1. The summed E-state index contributed by atoms with van der Waals surface area (Å²) in [6, 6.07) is 4.10. The molecule has 1 rings (SSSR count). The minimum atomic E-state index is 0.421. The molecule has 0 radical (unpaired) electrons. The largest absolute Gasteiger partial charge is 0.507 e. The number of hydrogen-bond donors (Lipinski definition) is 2. The summed E-state index contributed by atoms with van der Waals surface area (Å²) in [5.41, 5.74) is 3.16. The van der Waals surface area contributed by atoms with Crippen LogP contribution in [0.4, 0.5) is 0 Å². The molecule has 0 saturated heterocycles. The van der Waals surface area contributed by atoms with Crippen LogP contribution in [0.25, 0.3) is 0 Å². The Morgan fingerprint density at radius 2 is 1.88 bits per heavy atom. The molecule has 1 aromatic rings. The summed E-state index contributed by atoms with van der Waals surface area (Å²) in [6.45, 7) is 8.06. The number of rotatable bonds is 6. The molecule has 1 unspecified atom stereocenters. The molecule has 2 nitrogen and oxygen atoms in total. The van der Waals surface area contributed by atoms with Gasteiger partial charge in [0.25, 0.3) is 0 Å². The molecule has 17 heavy (non-hydrogen) atoms. The van der Waals surface area contributed by atoms with Gasteiger partial charge in [-0.1, -0.05) is 19.1 Å². The molecule has 0 amide bonds. The molecule has 0 bridgehead atoms. The predicted octanol–water partition coefficient (Wildman–Crippen LogP) is 3.24. The van der Waals surface area contributed by atoms with Crippen LogP contribution in [-0.2, 0) is 6.54 Å². The molecule has 0 aliphatic carbocycles. The average Bonchev–Trinajstić information content (AvgIpc) is 2.31. The molecule has 0 spiro atoms. The van der Waals surface area contributed by atoms with Crippen molar-refractivity contribution in [2.45, 2.75) is 39.0 Å². The molecule has 0 aromatic heterocycles. The second-order valence-corrected chi connectivity index (χ2v) is 5.87. The van der Waals surface area contributed by atoms with Crippen LogP contribution in [0, 0.1) is 13.8 Å². The zero-order valence-corrected chi connectivity index (χ0v) is 12.0. The van der Waals surface area contributed by atoms with Gasteiger partial charge in [0.05, 0.1) is 0 Å². The Hall–Kier alpha value is -0.670. The average molecular weight is 253 g/mol. The highest BCUT2D eigenvalue weighted by Crippen LogP contribution is 2.22. The maximum Gasteiger partial charge on any atom is 0.121 e. The van der Waals surface area contributed by atoms with Crippen molar-refractivity contribution in [2.24, 2.45) is 0 Å². The summed E-state index contributed by atoms with van der Waals surface area (Å²) >= 11 is 1.90. The van der Waals surface area contributed by atoms with Crippen LogP contribution in [0.1, 0.15) is 30.0 Å². The Balaban J connectivity index is 2.42. The molecule has 96 valence electrons. The van der Waals surface area contributed by atoms with Crippen molar-refractivity contribution in [2.75, 3.05) is 12.8 Å². The lowest BCUT2D eigenvalue weighted by Crippen LogP contribution is -2.17. The van der Waals surface area contributed by atoms with Crippen LogP contribution in [0.15, 0.2) is 12.1 Å². The summed E-state index contributed by atoms with van der Waals surface area (Å²) in [7, 11) is 0. The Labute approximate surface area is 109 Å². The lowest BCUT2D eigenvalue weighted by molar-refractivity contribution is 0.466. The van der Waals surface area contributed by atoms with Gasteiger partial charge < -0.3 is 10.4 Å². The minimum absolute atomic E-state index is 0.421. The second-order valence-electron chi connectivity index (χ2n) is 4.59. The van der Waals surface area contributed by atoms with Gasteiger partial charge in [0.1, 0.15) is 5.75 Å². The van der Waals surface area contributed by atoms with Crippen LogP contribution in [0.5, 0.6) is 5.75 Å².